The number of imidazole rings is 1. The molecule has 5 heteroatoms. The quantitative estimate of drug-likeness (QED) is 0.817. The van der Waals surface area contributed by atoms with Crippen LogP contribution in [0.4, 0.5) is 4.79 Å². The van der Waals surface area contributed by atoms with Crippen LogP contribution in [0, 0.1) is 0 Å². The number of nitrogens with zero attached hydrogens (tertiary/aromatic N) is 2. The average molecular weight is 222 g/mol. The van der Waals surface area contributed by atoms with Crippen LogP contribution in [0.5, 0.6) is 0 Å². The lowest BCUT2D eigenvalue weighted by atomic mass is 10.2. The summed E-state index contributed by atoms with van der Waals surface area (Å²) in [6.45, 7) is 3.79. The molecular formula is C11H18N4O. The molecule has 88 valence electrons. The van der Waals surface area contributed by atoms with Crippen molar-refractivity contribution in [1.82, 2.24) is 20.2 Å². The van der Waals surface area contributed by atoms with Gasteiger partial charge in [-0.05, 0) is 19.3 Å². The summed E-state index contributed by atoms with van der Waals surface area (Å²) in [4.78, 5) is 21.0. The van der Waals surface area contributed by atoms with E-state index in [1.165, 1.54) is 0 Å². The van der Waals surface area contributed by atoms with E-state index in [1.807, 2.05) is 11.8 Å². The summed E-state index contributed by atoms with van der Waals surface area (Å²) in [5, 5.41) is 3.00. The largest absolute Gasteiger partial charge is 0.347 e. The van der Waals surface area contributed by atoms with Gasteiger partial charge in [0.2, 0.25) is 0 Å². The van der Waals surface area contributed by atoms with Crippen LogP contribution in [-0.2, 0) is 0 Å². The fraction of sp³-hybridized carbons (Fsp3) is 0.636. The Bertz CT molecular complexity index is 330. The van der Waals surface area contributed by atoms with Gasteiger partial charge >= 0.3 is 6.03 Å². The molecule has 16 heavy (non-hydrogen) atoms. The second kappa shape index (κ2) is 5.01. The van der Waals surface area contributed by atoms with Crippen molar-refractivity contribution in [3.63, 3.8) is 0 Å². The lowest BCUT2D eigenvalue weighted by Crippen LogP contribution is -2.40. The smallest absolute Gasteiger partial charge is 0.317 e. The highest BCUT2D eigenvalue weighted by molar-refractivity contribution is 5.74. The van der Waals surface area contributed by atoms with Gasteiger partial charge in [-0.3, -0.25) is 0 Å². The predicted molar refractivity (Wildman–Crippen MR) is 61.0 cm³/mol. The molecule has 1 aromatic heterocycles. The molecule has 1 atom stereocenters. The van der Waals surface area contributed by atoms with E-state index in [4.69, 9.17) is 0 Å². The van der Waals surface area contributed by atoms with Gasteiger partial charge in [-0.15, -0.1) is 0 Å². The van der Waals surface area contributed by atoms with Gasteiger partial charge in [0.1, 0.15) is 5.82 Å². The van der Waals surface area contributed by atoms with Crippen molar-refractivity contribution in [3.8, 4) is 0 Å². The molecule has 1 aromatic rings. The maximum atomic E-state index is 11.9. The maximum Gasteiger partial charge on any atom is 0.317 e. The summed E-state index contributed by atoms with van der Waals surface area (Å²) >= 11 is 0. The van der Waals surface area contributed by atoms with Gasteiger partial charge < -0.3 is 15.2 Å². The first-order chi connectivity index (χ1) is 7.81. The van der Waals surface area contributed by atoms with E-state index in [9.17, 15) is 4.79 Å². The standard InChI is InChI=1S/C11H18N4O/c1-2-9(10-12-5-6-13-10)14-11(16)15-7-3-4-8-15/h5-6,9H,2-4,7-8H2,1H3,(H,12,13)(H,14,16). The molecule has 2 heterocycles. The van der Waals surface area contributed by atoms with E-state index < -0.39 is 0 Å². The lowest BCUT2D eigenvalue weighted by molar-refractivity contribution is 0.203. The van der Waals surface area contributed by atoms with E-state index in [-0.39, 0.29) is 12.1 Å². The summed E-state index contributed by atoms with van der Waals surface area (Å²) in [5.41, 5.74) is 0. The second-order valence-electron chi connectivity index (χ2n) is 4.08. The zero-order valence-electron chi connectivity index (χ0n) is 9.57. The predicted octanol–water partition coefficient (Wildman–Crippen LogP) is 1.67. The summed E-state index contributed by atoms with van der Waals surface area (Å²) in [7, 11) is 0. The summed E-state index contributed by atoms with van der Waals surface area (Å²) in [5.74, 6) is 0.829. The van der Waals surface area contributed by atoms with Crippen LogP contribution in [-0.4, -0.2) is 34.0 Å². The van der Waals surface area contributed by atoms with Gasteiger partial charge in [-0.25, -0.2) is 9.78 Å². The molecule has 2 N–H and O–H groups in total. The Morgan fingerprint density at radius 3 is 2.94 bits per heavy atom. The van der Waals surface area contributed by atoms with E-state index in [1.54, 1.807) is 12.4 Å². The minimum atomic E-state index is -0.0110. The van der Waals surface area contributed by atoms with Crippen molar-refractivity contribution in [3.05, 3.63) is 18.2 Å². The zero-order chi connectivity index (χ0) is 11.4. The summed E-state index contributed by atoms with van der Waals surface area (Å²) < 4.78 is 0. The molecule has 0 spiro atoms. The van der Waals surface area contributed by atoms with Crippen molar-refractivity contribution < 1.29 is 4.79 Å². The van der Waals surface area contributed by atoms with Gasteiger partial charge in [0.25, 0.3) is 0 Å². The van der Waals surface area contributed by atoms with Crippen LogP contribution in [0.2, 0.25) is 0 Å². The van der Waals surface area contributed by atoms with Gasteiger partial charge in [0.05, 0.1) is 6.04 Å². The molecule has 1 aliphatic heterocycles. The van der Waals surface area contributed by atoms with E-state index in [0.717, 1.165) is 38.2 Å². The Morgan fingerprint density at radius 1 is 1.62 bits per heavy atom. The molecule has 0 aromatic carbocycles. The maximum absolute atomic E-state index is 11.9. The SMILES string of the molecule is CCC(NC(=O)N1CCCC1)c1ncc[nH]1. The number of aromatic amines is 1. The molecule has 1 saturated heterocycles. The number of rotatable bonds is 3. The Balaban J connectivity index is 1.93. The van der Waals surface area contributed by atoms with Gasteiger partial charge in [-0.2, -0.15) is 0 Å². The first-order valence-electron chi connectivity index (χ1n) is 5.86. The molecule has 0 radical (unpaired) electrons. The number of carbonyl (C=O) groups excluding carboxylic acids is 1. The molecular weight excluding hydrogens is 204 g/mol. The van der Waals surface area contributed by atoms with Crippen LogP contribution < -0.4 is 5.32 Å². The van der Waals surface area contributed by atoms with Crippen LogP contribution in [0.15, 0.2) is 12.4 Å². The normalized spacial score (nSPS) is 17.4. The number of nitrogens with one attached hydrogen (secondary N) is 2. The van der Waals surface area contributed by atoms with Crippen LogP contribution in [0.3, 0.4) is 0 Å². The van der Waals surface area contributed by atoms with Crippen molar-refractivity contribution in [1.29, 1.82) is 0 Å². The Kier molecular flexibility index (Phi) is 3.44. The van der Waals surface area contributed by atoms with Crippen molar-refractivity contribution in [2.75, 3.05) is 13.1 Å². The highest BCUT2D eigenvalue weighted by Crippen LogP contribution is 2.14. The fourth-order valence-corrected chi connectivity index (χ4v) is 1.99. The minimum Gasteiger partial charge on any atom is -0.347 e. The van der Waals surface area contributed by atoms with Gasteiger partial charge in [0.15, 0.2) is 0 Å². The van der Waals surface area contributed by atoms with E-state index >= 15 is 0 Å². The number of hydrogen-bond acceptors (Lipinski definition) is 2. The number of H-pyrrole nitrogens is 1. The molecule has 1 unspecified atom stereocenters. The number of carbonyl (C=O) groups is 1. The van der Waals surface area contributed by atoms with E-state index in [0.29, 0.717) is 0 Å². The molecule has 2 rings (SSSR count). The Hall–Kier alpha value is -1.52. The first-order valence-corrected chi connectivity index (χ1v) is 5.86. The van der Waals surface area contributed by atoms with Gasteiger partial charge in [0, 0.05) is 25.5 Å². The highest BCUT2D eigenvalue weighted by atomic mass is 16.2. The number of amides is 2. The Morgan fingerprint density at radius 2 is 2.38 bits per heavy atom. The van der Waals surface area contributed by atoms with Crippen molar-refractivity contribution in [2.24, 2.45) is 0 Å². The van der Waals surface area contributed by atoms with E-state index in [2.05, 4.69) is 15.3 Å². The third-order valence-corrected chi connectivity index (χ3v) is 2.95. The summed E-state index contributed by atoms with van der Waals surface area (Å²) in [6.07, 6.45) is 6.56. The minimum absolute atomic E-state index is 0.0110. The molecule has 1 aliphatic rings. The number of likely N-dealkylation sites (tertiary alicyclic amines) is 1. The van der Waals surface area contributed by atoms with Crippen LogP contribution >= 0.6 is 0 Å². The lowest BCUT2D eigenvalue weighted by Gasteiger charge is -2.20. The van der Waals surface area contributed by atoms with Crippen LogP contribution in [0.25, 0.3) is 0 Å². The number of hydrogen-bond donors (Lipinski definition) is 2. The average Bonchev–Trinajstić information content (AvgIpc) is 2.96. The first kappa shape index (κ1) is 11.0. The van der Waals surface area contributed by atoms with Crippen molar-refractivity contribution in [2.45, 2.75) is 32.2 Å². The molecule has 0 aliphatic carbocycles. The zero-order valence-corrected chi connectivity index (χ0v) is 9.57. The molecule has 0 bridgehead atoms. The summed E-state index contributed by atoms with van der Waals surface area (Å²) in [6, 6.07) is 0.0175. The fourth-order valence-electron chi connectivity index (χ4n) is 1.99. The molecule has 1 fully saturated rings. The monoisotopic (exact) mass is 222 g/mol. The molecule has 2 amide bonds. The van der Waals surface area contributed by atoms with Crippen LogP contribution in [0.1, 0.15) is 38.1 Å². The Labute approximate surface area is 95.2 Å². The van der Waals surface area contributed by atoms with Crippen molar-refractivity contribution >= 4 is 6.03 Å². The number of aromatic nitrogens is 2. The molecule has 0 saturated carbocycles. The highest BCUT2D eigenvalue weighted by Gasteiger charge is 2.21. The van der Waals surface area contributed by atoms with Gasteiger partial charge in [-0.1, -0.05) is 6.92 Å². The topological polar surface area (TPSA) is 61.0 Å². The second-order valence-corrected chi connectivity index (χ2v) is 4.08. The molecule has 5 nitrogen and oxygen atoms in total. The third kappa shape index (κ3) is 2.35. The number of urea groups is 1. The third-order valence-electron chi connectivity index (χ3n) is 2.95.